The maximum atomic E-state index is 13.5. The number of anilines is 1. The topological polar surface area (TPSA) is 51.2 Å². The van der Waals surface area contributed by atoms with Crippen LogP contribution in [0.25, 0.3) is 22.2 Å². The number of hydrogen-bond acceptors (Lipinski definition) is 3. The summed E-state index contributed by atoms with van der Waals surface area (Å²) >= 11 is 0. The molecule has 31 heavy (non-hydrogen) atoms. The Hall–Kier alpha value is -3.66. The Labute approximate surface area is 182 Å². The van der Waals surface area contributed by atoms with Crippen molar-refractivity contribution in [2.45, 2.75) is 27.7 Å². The molecule has 0 fully saturated rings. The molecule has 1 N–H and O–H groups in total. The molecule has 0 aliphatic rings. The van der Waals surface area contributed by atoms with Crippen LogP contribution >= 0.6 is 0 Å². The van der Waals surface area contributed by atoms with Gasteiger partial charge in [-0.15, -0.1) is 0 Å². The van der Waals surface area contributed by atoms with Crippen LogP contribution in [0, 0.1) is 20.8 Å². The van der Waals surface area contributed by atoms with Crippen LogP contribution in [0.1, 0.15) is 34.0 Å². The minimum absolute atomic E-state index is 0.142. The summed E-state index contributed by atoms with van der Waals surface area (Å²) in [6.45, 7) is 8.61. The number of aryl methyl sites for hydroxylation is 2. The normalized spacial score (nSPS) is 10.8. The number of pyridine rings is 1. The molecule has 156 valence electrons. The highest BCUT2D eigenvalue weighted by molar-refractivity contribution is 6.15. The van der Waals surface area contributed by atoms with Crippen LogP contribution in [0.2, 0.25) is 0 Å². The summed E-state index contributed by atoms with van der Waals surface area (Å²) in [6, 6.07) is 21.6. The second-order valence-electron chi connectivity index (χ2n) is 7.72. The molecule has 1 aromatic heterocycles. The summed E-state index contributed by atoms with van der Waals surface area (Å²) in [5.41, 5.74) is 7.09. The summed E-state index contributed by atoms with van der Waals surface area (Å²) in [4.78, 5) is 18.5. The first-order valence-electron chi connectivity index (χ1n) is 10.5. The first kappa shape index (κ1) is 20.6. The van der Waals surface area contributed by atoms with Gasteiger partial charge < -0.3 is 10.1 Å². The van der Waals surface area contributed by atoms with Crippen LogP contribution in [-0.4, -0.2) is 17.5 Å². The van der Waals surface area contributed by atoms with E-state index in [-0.39, 0.29) is 5.91 Å². The highest BCUT2D eigenvalue weighted by Gasteiger charge is 2.20. The lowest BCUT2D eigenvalue weighted by molar-refractivity contribution is 0.102. The molecule has 0 spiro atoms. The Kier molecular flexibility index (Phi) is 5.72. The van der Waals surface area contributed by atoms with Gasteiger partial charge in [0, 0.05) is 16.6 Å². The summed E-state index contributed by atoms with van der Waals surface area (Å²) < 4.78 is 5.50. The predicted octanol–water partition coefficient (Wildman–Crippen LogP) is 6.48. The van der Waals surface area contributed by atoms with Crippen LogP contribution in [0.15, 0.2) is 66.7 Å². The Morgan fingerprint density at radius 3 is 2.35 bits per heavy atom. The third kappa shape index (κ3) is 4.15. The number of carbonyl (C=O) groups excluding carboxylic acids is 1. The van der Waals surface area contributed by atoms with Gasteiger partial charge in [0.1, 0.15) is 5.75 Å². The molecule has 1 heterocycles. The van der Waals surface area contributed by atoms with Crippen molar-refractivity contribution in [2.24, 2.45) is 0 Å². The van der Waals surface area contributed by atoms with Gasteiger partial charge in [0.2, 0.25) is 0 Å². The molecule has 3 aromatic carbocycles. The van der Waals surface area contributed by atoms with Gasteiger partial charge in [0.25, 0.3) is 5.91 Å². The van der Waals surface area contributed by atoms with Crippen LogP contribution < -0.4 is 10.1 Å². The van der Waals surface area contributed by atoms with Crippen molar-refractivity contribution >= 4 is 22.5 Å². The second kappa shape index (κ2) is 8.60. The average molecular weight is 411 g/mol. The summed E-state index contributed by atoms with van der Waals surface area (Å²) in [5.74, 6) is 0.639. The number of hydrogen-bond donors (Lipinski definition) is 1. The molecule has 0 bridgehead atoms. The van der Waals surface area contributed by atoms with Crippen molar-refractivity contribution < 1.29 is 9.53 Å². The predicted molar refractivity (Wildman–Crippen MR) is 127 cm³/mol. The zero-order chi connectivity index (χ0) is 22.0. The van der Waals surface area contributed by atoms with Crippen LogP contribution in [0.4, 0.5) is 5.69 Å². The van der Waals surface area contributed by atoms with Crippen LogP contribution in [0.5, 0.6) is 5.75 Å². The fourth-order valence-electron chi connectivity index (χ4n) is 3.98. The SMILES string of the molecule is CCOc1ccc(NC(=O)c2c(C)c(-c3ccccc3)nc3c(C)cc(C)cc23)cc1. The molecule has 0 atom stereocenters. The van der Waals surface area contributed by atoms with Gasteiger partial charge in [-0.1, -0.05) is 42.0 Å². The first-order chi connectivity index (χ1) is 15.0. The van der Waals surface area contributed by atoms with Crippen LogP contribution in [-0.2, 0) is 0 Å². The van der Waals surface area contributed by atoms with Gasteiger partial charge in [0.15, 0.2) is 0 Å². The Balaban J connectivity index is 1.85. The molecule has 0 aliphatic heterocycles. The summed E-state index contributed by atoms with van der Waals surface area (Å²) in [6.07, 6.45) is 0. The van der Waals surface area contributed by atoms with E-state index in [1.165, 1.54) is 0 Å². The molecular formula is C27H26N2O2. The Morgan fingerprint density at radius 2 is 1.68 bits per heavy atom. The average Bonchev–Trinajstić information content (AvgIpc) is 2.75. The van der Waals surface area contributed by atoms with Crippen molar-refractivity contribution in [3.63, 3.8) is 0 Å². The number of ether oxygens (including phenoxy) is 1. The highest BCUT2D eigenvalue weighted by atomic mass is 16.5. The standard InChI is InChI=1S/C27H26N2O2/c1-5-31-22-13-11-21(12-14-22)28-27(30)24-19(4)26(20-9-7-6-8-10-20)29-25-18(3)15-17(2)16-23(24)25/h6-16H,5H2,1-4H3,(H,28,30). The molecule has 1 amide bonds. The minimum atomic E-state index is -0.142. The molecule has 4 heteroatoms. The number of carbonyl (C=O) groups is 1. The van der Waals surface area contributed by atoms with Gasteiger partial charge in [-0.3, -0.25) is 4.79 Å². The van der Waals surface area contributed by atoms with E-state index >= 15 is 0 Å². The van der Waals surface area contributed by atoms with E-state index < -0.39 is 0 Å². The largest absolute Gasteiger partial charge is 0.494 e. The highest BCUT2D eigenvalue weighted by Crippen LogP contribution is 2.32. The number of fused-ring (bicyclic) bond motifs is 1. The number of rotatable bonds is 5. The molecule has 4 nitrogen and oxygen atoms in total. The number of nitrogens with zero attached hydrogens (tertiary/aromatic N) is 1. The van der Waals surface area contributed by atoms with Crippen molar-refractivity contribution in [3.8, 4) is 17.0 Å². The minimum Gasteiger partial charge on any atom is -0.494 e. The van der Waals surface area contributed by atoms with Crippen molar-refractivity contribution in [1.82, 2.24) is 4.98 Å². The third-order valence-corrected chi connectivity index (χ3v) is 5.37. The van der Waals surface area contributed by atoms with E-state index in [4.69, 9.17) is 9.72 Å². The van der Waals surface area contributed by atoms with Gasteiger partial charge in [-0.25, -0.2) is 4.98 Å². The fourth-order valence-corrected chi connectivity index (χ4v) is 3.98. The van der Waals surface area contributed by atoms with E-state index in [1.54, 1.807) is 0 Å². The zero-order valence-electron chi connectivity index (χ0n) is 18.3. The van der Waals surface area contributed by atoms with Gasteiger partial charge in [-0.2, -0.15) is 0 Å². The number of amides is 1. The molecule has 4 rings (SSSR count). The smallest absolute Gasteiger partial charge is 0.256 e. The molecule has 0 saturated carbocycles. The van der Waals surface area contributed by atoms with Gasteiger partial charge in [0.05, 0.1) is 23.4 Å². The Morgan fingerprint density at radius 1 is 0.968 bits per heavy atom. The number of benzene rings is 3. The van der Waals surface area contributed by atoms with E-state index in [0.29, 0.717) is 12.2 Å². The van der Waals surface area contributed by atoms with E-state index in [1.807, 2.05) is 88.4 Å². The lowest BCUT2D eigenvalue weighted by atomic mass is 9.94. The fraction of sp³-hybridized carbons (Fsp3) is 0.185. The molecule has 0 aliphatic carbocycles. The maximum absolute atomic E-state index is 13.5. The number of nitrogens with one attached hydrogen (secondary N) is 1. The number of aromatic nitrogens is 1. The molecule has 4 aromatic rings. The lowest BCUT2D eigenvalue weighted by Gasteiger charge is -2.17. The van der Waals surface area contributed by atoms with Gasteiger partial charge >= 0.3 is 0 Å². The third-order valence-electron chi connectivity index (χ3n) is 5.37. The van der Waals surface area contributed by atoms with Crippen LogP contribution in [0.3, 0.4) is 0 Å². The molecule has 0 saturated heterocycles. The maximum Gasteiger partial charge on any atom is 0.256 e. The first-order valence-corrected chi connectivity index (χ1v) is 10.5. The summed E-state index contributed by atoms with van der Waals surface area (Å²) in [7, 11) is 0. The van der Waals surface area contributed by atoms with E-state index in [2.05, 4.69) is 11.4 Å². The van der Waals surface area contributed by atoms with Crippen molar-refractivity contribution in [1.29, 1.82) is 0 Å². The molecule has 0 unspecified atom stereocenters. The van der Waals surface area contributed by atoms with E-state index in [9.17, 15) is 4.79 Å². The van der Waals surface area contributed by atoms with Crippen molar-refractivity contribution in [3.05, 3.63) is 89.0 Å². The lowest BCUT2D eigenvalue weighted by Crippen LogP contribution is -2.15. The Bertz CT molecular complexity index is 1250. The van der Waals surface area contributed by atoms with Crippen molar-refractivity contribution in [2.75, 3.05) is 11.9 Å². The monoisotopic (exact) mass is 410 g/mol. The molecule has 0 radical (unpaired) electrons. The van der Waals surface area contributed by atoms with Gasteiger partial charge in [-0.05, 0) is 69.2 Å². The van der Waals surface area contributed by atoms with E-state index in [0.717, 1.165) is 50.3 Å². The molecular weight excluding hydrogens is 384 g/mol. The quantitative estimate of drug-likeness (QED) is 0.410. The zero-order valence-corrected chi connectivity index (χ0v) is 18.3. The summed E-state index contributed by atoms with van der Waals surface area (Å²) in [5, 5.41) is 3.93. The second-order valence-corrected chi connectivity index (χ2v) is 7.72.